The first-order valence-corrected chi connectivity index (χ1v) is 8.12. The van der Waals surface area contributed by atoms with Gasteiger partial charge in [-0.25, -0.2) is 27.9 Å². The van der Waals surface area contributed by atoms with Crippen LogP contribution in [-0.2, 0) is 10.3 Å². The molecule has 8 nitrogen and oxygen atoms in total. The molecule has 0 saturated heterocycles. The van der Waals surface area contributed by atoms with E-state index in [0.29, 0.717) is 0 Å². The Morgan fingerprint density at radius 2 is 2.00 bits per heavy atom. The number of pyridine rings is 1. The fraction of sp³-hybridized carbons (Fsp3) is 0.500. The number of hydrogen-bond donors (Lipinski definition) is 2. The molecular weight excluding hydrogens is 365 g/mol. The minimum Gasteiger partial charge on any atom is -0.444 e. The summed E-state index contributed by atoms with van der Waals surface area (Å²) in [6.45, 7) is 4.95. The largest absolute Gasteiger partial charge is 0.444 e. The van der Waals surface area contributed by atoms with Gasteiger partial charge < -0.3 is 15.8 Å². The maximum atomic E-state index is 14.0. The highest BCUT2D eigenvalue weighted by Crippen LogP contribution is 2.50. The molecule has 3 rings (SSSR count). The topological polar surface area (TPSA) is 108 Å². The lowest BCUT2D eigenvalue weighted by Crippen LogP contribution is -2.61. The summed E-state index contributed by atoms with van der Waals surface area (Å²) in [7, 11) is 0. The highest BCUT2D eigenvalue weighted by Gasteiger charge is 2.61. The molecule has 1 saturated carbocycles. The van der Waals surface area contributed by atoms with Gasteiger partial charge in [0.2, 0.25) is 0 Å². The summed E-state index contributed by atoms with van der Waals surface area (Å²) >= 11 is 0. The second-order valence-electron chi connectivity index (χ2n) is 7.51. The van der Waals surface area contributed by atoms with E-state index in [2.05, 4.69) is 20.4 Å². The third-order valence-electron chi connectivity index (χ3n) is 3.84. The molecule has 1 fully saturated rings. The van der Waals surface area contributed by atoms with Gasteiger partial charge in [0.15, 0.2) is 17.5 Å². The number of alkyl carbamates (subject to hydrolysis) is 1. The van der Waals surface area contributed by atoms with E-state index < -0.39 is 41.8 Å². The Morgan fingerprint density at radius 3 is 2.56 bits per heavy atom. The number of ether oxygens (including phenoxy) is 1. The van der Waals surface area contributed by atoms with E-state index in [9.17, 15) is 18.0 Å². The van der Waals surface area contributed by atoms with E-state index in [-0.39, 0.29) is 17.3 Å². The number of carbonyl (C=O) groups is 1. The van der Waals surface area contributed by atoms with Crippen molar-refractivity contribution in [3.63, 3.8) is 0 Å². The van der Waals surface area contributed by atoms with Gasteiger partial charge in [0, 0.05) is 18.9 Å². The molecule has 27 heavy (non-hydrogen) atoms. The molecule has 0 aliphatic heterocycles. The standard InChI is InChI=1S/C16H19F3N6O2/c1-14(2,3)27-13(26)23-15(6-16(18,19)7-15)12-22-8-25(24-12)11-10(17)4-9(20)5-21-11/h4-5,8H,6-7,20H2,1-3H3,(H,23,26). The molecule has 0 spiro atoms. The van der Waals surface area contributed by atoms with Crippen LogP contribution in [0.15, 0.2) is 18.6 Å². The lowest BCUT2D eigenvalue weighted by molar-refractivity contribution is -0.139. The number of aromatic nitrogens is 4. The van der Waals surface area contributed by atoms with E-state index in [1.54, 1.807) is 20.8 Å². The first-order chi connectivity index (χ1) is 12.4. The molecule has 0 bridgehead atoms. The van der Waals surface area contributed by atoms with Gasteiger partial charge in [0.25, 0.3) is 5.92 Å². The van der Waals surface area contributed by atoms with Gasteiger partial charge in [-0.1, -0.05) is 0 Å². The minimum atomic E-state index is -2.98. The molecule has 11 heteroatoms. The van der Waals surface area contributed by atoms with Crippen LogP contribution >= 0.6 is 0 Å². The summed E-state index contributed by atoms with van der Waals surface area (Å²) in [4.78, 5) is 19.9. The van der Waals surface area contributed by atoms with Crippen LogP contribution in [0.25, 0.3) is 5.82 Å². The van der Waals surface area contributed by atoms with Crippen molar-refractivity contribution in [3.8, 4) is 5.82 Å². The van der Waals surface area contributed by atoms with Gasteiger partial charge >= 0.3 is 6.09 Å². The summed E-state index contributed by atoms with van der Waals surface area (Å²) in [6, 6.07) is 1.05. The van der Waals surface area contributed by atoms with E-state index in [1.807, 2.05) is 0 Å². The van der Waals surface area contributed by atoms with E-state index in [0.717, 1.165) is 17.1 Å². The molecule has 0 unspecified atom stereocenters. The number of carbonyl (C=O) groups excluding carboxylic acids is 1. The van der Waals surface area contributed by atoms with Crippen molar-refractivity contribution < 1.29 is 22.7 Å². The van der Waals surface area contributed by atoms with E-state index in [1.165, 1.54) is 6.20 Å². The second-order valence-corrected chi connectivity index (χ2v) is 7.51. The molecule has 3 N–H and O–H groups in total. The van der Waals surface area contributed by atoms with Crippen LogP contribution in [0.2, 0.25) is 0 Å². The second kappa shape index (κ2) is 6.10. The molecule has 1 aliphatic rings. The van der Waals surface area contributed by atoms with Gasteiger partial charge in [-0.3, -0.25) is 0 Å². The molecule has 146 valence electrons. The first kappa shape index (κ1) is 18.9. The summed E-state index contributed by atoms with van der Waals surface area (Å²) in [5.74, 6) is -4.01. The Morgan fingerprint density at radius 1 is 1.33 bits per heavy atom. The molecule has 2 aromatic rings. The predicted molar refractivity (Wildman–Crippen MR) is 88.8 cm³/mol. The summed E-state index contributed by atoms with van der Waals surface area (Å²) in [6.07, 6.45) is 0.103. The molecular formula is C16H19F3N6O2. The number of alkyl halides is 2. The SMILES string of the molecule is CC(C)(C)OC(=O)NC1(c2ncn(-c3ncc(N)cc3F)n2)CC(F)(F)C1. The Hall–Kier alpha value is -2.85. The number of nitrogens with two attached hydrogens (primary N) is 1. The van der Waals surface area contributed by atoms with Crippen LogP contribution in [-0.4, -0.2) is 37.4 Å². The maximum Gasteiger partial charge on any atom is 0.408 e. The summed E-state index contributed by atoms with van der Waals surface area (Å²) < 4.78 is 47.4. The number of rotatable bonds is 3. The normalized spacial score (nSPS) is 17.9. The van der Waals surface area contributed by atoms with Gasteiger partial charge in [0.05, 0.1) is 11.9 Å². The number of nitrogens with zero attached hydrogens (tertiary/aromatic N) is 4. The van der Waals surface area contributed by atoms with Crippen molar-refractivity contribution in [3.05, 3.63) is 30.2 Å². The zero-order valence-electron chi connectivity index (χ0n) is 15.0. The molecule has 2 aromatic heterocycles. The molecule has 1 amide bonds. The fourth-order valence-corrected chi connectivity index (χ4v) is 2.83. The monoisotopic (exact) mass is 384 g/mol. The van der Waals surface area contributed by atoms with Gasteiger partial charge in [-0.15, -0.1) is 5.10 Å². The van der Waals surface area contributed by atoms with Crippen LogP contribution in [0, 0.1) is 5.82 Å². The molecule has 1 aliphatic carbocycles. The number of anilines is 1. The summed E-state index contributed by atoms with van der Waals surface area (Å²) in [5, 5.41) is 6.47. The lowest BCUT2D eigenvalue weighted by atomic mass is 9.73. The van der Waals surface area contributed by atoms with Crippen molar-refractivity contribution >= 4 is 11.8 Å². The van der Waals surface area contributed by atoms with Crippen molar-refractivity contribution in [2.45, 2.75) is 50.7 Å². The third kappa shape index (κ3) is 3.96. The molecule has 2 heterocycles. The molecule has 0 atom stereocenters. The van der Waals surface area contributed by atoms with E-state index in [4.69, 9.17) is 10.5 Å². The number of nitrogen functional groups attached to an aromatic ring is 1. The molecule has 0 aromatic carbocycles. The Labute approximate surface area is 152 Å². The van der Waals surface area contributed by atoms with Crippen molar-refractivity contribution in [1.82, 2.24) is 25.1 Å². The quantitative estimate of drug-likeness (QED) is 0.842. The Kier molecular flexibility index (Phi) is 4.28. The van der Waals surface area contributed by atoms with Gasteiger partial charge in [-0.05, 0) is 20.8 Å². The van der Waals surface area contributed by atoms with Crippen molar-refractivity contribution in [1.29, 1.82) is 0 Å². The summed E-state index contributed by atoms with van der Waals surface area (Å²) in [5.41, 5.74) is 3.26. The minimum absolute atomic E-state index is 0.0858. The average Bonchev–Trinajstić information content (AvgIpc) is 2.92. The number of hydrogen-bond acceptors (Lipinski definition) is 6. The number of nitrogens with one attached hydrogen (secondary N) is 1. The van der Waals surface area contributed by atoms with Crippen LogP contribution in [0.1, 0.15) is 39.4 Å². The zero-order chi connectivity index (χ0) is 20.0. The highest BCUT2D eigenvalue weighted by atomic mass is 19.3. The maximum absolute atomic E-state index is 14.0. The van der Waals surface area contributed by atoms with Crippen LogP contribution in [0.5, 0.6) is 0 Å². The number of halogens is 3. The zero-order valence-corrected chi connectivity index (χ0v) is 15.0. The Bertz CT molecular complexity index is 869. The third-order valence-corrected chi connectivity index (χ3v) is 3.84. The Balaban J connectivity index is 1.89. The fourth-order valence-electron chi connectivity index (χ4n) is 2.83. The van der Waals surface area contributed by atoms with Crippen LogP contribution < -0.4 is 11.1 Å². The van der Waals surface area contributed by atoms with Crippen LogP contribution in [0.3, 0.4) is 0 Å². The van der Waals surface area contributed by atoms with Crippen molar-refractivity contribution in [2.24, 2.45) is 0 Å². The van der Waals surface area contributed by atoms with Crippen molar-refractivity contribution in [2.75, 3.05) is 5.73 Å². The average molecular weight is 384 g/mol. The van der Waals surface area contributed by atoms with Gasteiger partial charge in [0.1, 0.15) is 17.5 Å². The molecule has 0 radical (unpaired) electrons. The van der Waals surface area contributed by atoms with E-state index >= 15 is 0 Å². The lowest BCUT2D eigenvalue weighted by Gasteiger charge is -2.45. The predicted octanol–water partition coefficient (Wildman–Crippen LogP) is 2.53. The van der Waals surface area contributed by atoms with Crippen LogP contribution in [0.4, 0.5) is 23.7 Å². The number of amides is 1. The first-order valence-electron chi connectivity index (χ1n) is 8.12. The smallest absolute Gasteiger partial charge is 0.408 e. The highest BCUT2D eigenvalue weighted by molar-refractivity contribution is 5.69. The van der Waals surface area contributed by atoms with Gasteiger partial charge in [-0.2, -0.15) is 4.68 Å².